The Morgan fingerprint density at radius 1 is 1.14 bits per heavy atom. The van der Waals surface area contributed by atoms with E-state index < -0.39 is 0 Å². The van der Waals surface area contributed by atoms with Crippen LogP contribution in [0.4, 0.5) is 0 Å². The van der Waals surface area contributed by atoms with Gasteiger partial charge in [-0.15, -0.1) is 0 Å². The van der Waals surface area contributed by atoms with Gasteiger partial charge in [-0.2, -0.15) is 0 Å². The number of amides is 1. The number of hydrogen-bond acceptors (Lipinski definition) is 3. The molecular weight excluding hydrogens is 278 g/mol. The van der Waals surface area contributed by atoms with Gasteiger partial charge in [-0.05, 0) is 48.7 Å². The summed E-state index contributed by atoms with van der Waals surface area (Å²) in [6.07, 6.45) is 0.968. The quantitative estimate of drug-likeness (QED) is 0.940. The third-order valence-electron chi connectivity index (χ3n) is 3.87. The molecule has 0 aromatic heterocycles. The van der Waals surface area contributed by atoms with Crippen molar-refractivity contribution >= 4 is 5.91 Å². The van der Waals surface area contributed by atoms with Gasteiger partial charge in [-0.25, -0.2) is 0 Å². The summed E-state index contributed by atoms with van der Waals surface area (Å²) in [4.78, 5) is 12.3. The van der Waals surface area contributed by atoms with Gasteiger partial charge in [0.2, 0.25) is 6.79 Å². The van der Waals surface area contributed by atoms with Gasteiger partial charge < -0.3 is 14.8 Å². The van der Waals surface area contributed by atoms with Crippen LogP contribution in [0.5, 0.6) is 11.5 Å². The number of benzene rings is 2. The lowest BCUT2D eigenvalue weighted by Crippen LogP contribution is -2.26. The van der Waals surface area contributed by atoms with Gasteiger partial charge in [0.1, 0.15) is 0 Å². The molecule has 2 aromatic carbocycles. The molecule has 0 bridgehead atoms. The Morgan fingerprint density at radius 3 is 2.59 bits per heavy atom. The number of carbonyl (C=O) groups excluding carboxylic acids is 1. The van der Waals surface area contributed by atoms with Crippen LogP contribution in [0.1, 0.15) is 41.4 Å². The highest BCUT2D eigenvalue weighted by Crippen LogP contribution is 2.34. The van der Waals surface area contributed by atoms with E-state index >= 15 is 0 Å². The monoisotopic (exact) mass is 297 g/mol. The maximum atomic E-state index is 12.3. The van der Waals surface area contributed by atoms with Crippen LogP contribution in [-0.4, -0.2) is 12.7 Å². The highest BCUT2D eigenvalue weighted by Gasteiger charge is 2.17. The molecule has 3 rings (SSSR count). The average Bonchev–Trinajstić information content (AvgIpc) is 3.02. The molecule has 22 heavy (non-hydrogen) atoms. The van der Waals surface area contributed by atoms with Crippen LogP contribution in [0.2, 0.25) is 0 Å². The van der Waals surface area contributed by atoms with Crippen molar-refractivity contribution in [2.24, 2.45) is 0 Å². The molecule has 4 nitrogen and oxygen atoms in total. The van der Waals surface area contributed by atoms with Gasteiger partial charge in [0.05, 0.1) is 6.04 Å². The molecule has 1 aliphatic rings. The number of fused-ring (bicyclic) bond motifs is 1. The zero-order valence-electron chi connectivity index (χ0n) is 12.8. The first-order valence-electron chi connectivity index (χ1n) is 7.46. The van der Waals surface area contributed by atoms with Gasteiger partial charge in [-0.3, -0.25) is 4.79 Å². The molecule has 0 saturated heterocycles. The third-order valence-corrected chi connectivity index (χ3v) is 3.87. The van der Waals surface area contributed by atoms with Crippen molar-refractivity contribution in [3.05, 3.63) is 59.2 Å². The lowest BCUT2D eigenvalue weighted by Gasteiger charge is -2.15. The summed E-state index contributed by atoms with van der Waals surface area (Å²) < 4.78 is 10.7. The number of ether oxygens (including phenoxy) is 2. The fourth-order valence-corrected chi connectivity index (χ4v) is 2.44. The second-order valence-electron chi connectivity index (χ2n) is 5.36. The van der Waals surface area contributed by atoms with Gasteiger partial charge in [0.25, 0.3) is 5.91 Å². The Morgan fingerprint density at radius 2 is 1.86 bits per heavy atom. The molecule has 1 N–H and O–H groups in total. The highest BCUT2D eigenvalue weighted by molar-refractivity contribution is 5.94. The smallest absolute Gasteiger partial charge is 0.251 e. The first-order chi connectivity index (χ1) is 10.7. The van der Waals surface area contributed by atoms with E-state index in [2.05, 4.69) is 12.2 Å². The second kappa shape index (κ2) is 6.10. The number of rotatable bonds is 4. The van der Waals surface area contributed by atoms with Crippen molar-refractivity contribution in [3.63, 3.8) is 0 Å². The lowest BCUT2D eigenvalue weighted by molar-refractivity contribution is 0.0939. The largest absolute Gasteiger partial charge is 0.454 e. The fraction of sp³-hybridized carbons (Fsp3) is 0.278. The van der Waals surface area contributed by atoms with Crippen LogP contribution < -0.4 is 14.8 Å². The fourth-order valence-electron chi connectivity index (χ4n) is 2.44. The maximum Gasteiger partial charge on any atom is 0.251 e. The number of carbonyl (C=O) groups is 1. The summed E-state index contributed by atoms with van der Waals surface area (Å²) in [6, 6.07) is 13.3. The molecule has 1 atom stereocenters. The minimum absolute atomic E-state index is 0.0761. The molecule has 0 spiro atoms. The van der Waals surface area contributed by atoms with Gasteiger partial charge in [-0.1, -0.05) is 25.1 Å². The van der Waals surface area contributed by atoms with E-state index in [4.69, 9.17) is 9.47 Å². The van der Waals surface area contributed by atoms with E-state index in [0.717, 1.165) is 23.5 Å². The predicted octanol–water partition coefficient (Wildman–Crippen LogP) is 3.47. The van der Waals surface area contributed by atoms with Crippen molar-refractivity contribution in [2.75, 3.05) is 6.79 Å². The van der Waals surface area contributed by atoms with E-state index in [-0.39, 0.29) is 18.7 Å². The van der Waals surface area contributed by atoms with Crippen molar-refractivity contribution in [1.82, 2.24) is 5.32 Å². The number of aryl methyl sites for hydroxylation is 1. The molecule has 1 amide bonds. The molecule has 2 aromatic rings. The van der Waals surface area contributed by atoms with Gasteiger partial charge in [0.15, 0.2) is 11.5 Å². The van der Waals surface area contributed by atoms with E-state index in [9.17, 15) is 4.79 Å². The van der Waals surface area contributed by atoms with E-state index in [1.165, 1.54) is 5.56 Å². The maximum absolute atomic E-state index is 12.3. The molecule has 1 heterocycles. The molecule has 0 radical (unpaired) electrons. The van der Waals surface area contributed by atoms with Crippen LogP contribution in [0.15, 0.2) is 42.5 Å². The topological polar surface area (TPSA) is 47.6 Å². The Balaban J connectivity index is 1.70. The molecule has 1 unspecified atom stereocenters. The van der Waals surface area contributed by atoms with Crippen molar-refractivity contribution in [3.8, 4) is 11.5 Å². The molecule has 0 saturated carbocycles. The van der Waals surface area contributed by atoms with E-state index in [1.54, 1.807) is 0 Å². The summed E-state index contributed by atoms with van der Waals surface area (Å²) >= 11 is 0. The summed E-state index contributed by atoms with van der Waals surface area (Å²) in [5.74, 6) is 1.40. The van der Waals surface area contributed by atoms with Crippen LogP contribution in [0.25, 0.3) is 0 Å². The average molecular weight is 297 g/mol. The third kappa shape index (κ3) is 2.91. The number of hydrogen-bond donors (Lipinski definition) is 1. The highest BCUT2D eigenvalue weighted by atomic mass is 16.7. The molecular formula is C18H19NO3. The predicted molar refractivity (Wildman–Crippen MR) is 84.3 cm³/mol. The molecule has 4 heteroatoms. The minimum atomic E-state index is -0.104. The Hall–Kier alpha value is -2.49. The zero-order chi connectivity index (χ0) is 15.5. The summed E-state index contributed by atoms with van der Waals surface area (Å²) in [5.41, 5.74) is 2.88. The standard InChI is InChI=1S/C18H19NO3/c1-3-13-4-6-14(7-5-13)18(20)19-12(2)15-8-9-16-17(10-15)22-11-21-16/h4-10,12H,3,11H2,1-2H3,(H,19,20). The Kier molecular flexibility index (Phi) is 4.00. The van der Waals surface area contributed by atoms with E-state index in [0.29, 0.717) is 5.56 Å². The second-order valence-corrected chi connectivity index (χ2v) is 5.36. The summed E-state index contributed by atoms with van der Waals surface area (Å²) in [5, 5.41) is 3.01. The first-order valence-corrected chi connectivity index (χ1v) is 7.46. The molecule has 0 fully saturated rings. The molecule has 0 aliphatic carbocycles. The zero-order valence-corrected chi connectivity index (χ0v) is 12.8. The van der Waals surface area contributed by atoms with Gasteiger partial charge in [0, 0.05) is 5.56 Å². The van der Waals surface area contributed by atoms with Crippen LogP contribution in [0, 0.1) is 0 Å². The molecule has 114 valence electrons. The minimum Gasteiger partial charge on any atom is -0.454 e. The molecule has 1 aliphatic heterocycles. The normalized spacial score (nSPS) is 13.7. The lowest BCUT2D eigenvalue weighted by atomic mass is 10.1. The summed E-state index contributed by atoms with van der Waals surface area (Å²) in [7, 11) is 0. The SMILES string of the molecule is CCc1ccc(C(=O)NC(C)c2ccc3c(c2)OCO3)cc1. The van der Waals surface area contributed by atoms with Gasteiger partial charge >= 0.3 is 0 Å². The van der Waals surface area contributed by atoms with Crippen LogP contribution >= 0.6 is 0 Å². The Bertz CT molecular complexity index is 679. The van der Waals surface area contributed by atoms with Crippen molar-refractivity contribution in [1.29, 1.82) is 0 Å². The first kappa shape index (κ1) is 14.4. The van der Waals surface area contributed by atoms with E-state index in [1.807, 2.05) is 49.4 Å². The summed E-state index contributed by atoms with van der Waals surface area (Å²) in [6.45, 7) is 4.30. The van der Waals surface area contributed by atoms with Crippen LogP contribution in [-0.2, 0) is 6.42 Å². The number of nitrogens with one attached hydrogen (secondary N) is 1. The van der Waals surface area contributed by atoms with Crippen molar-refractivity contribution in [2.45, 2.75) is 26.3 Å². The van der Waals surface area contributed by atoms with Crippen LogP contribution in [0.3, 0.4) is 0 Å². The van der Waals surface area contributed by atoms with Crippen molar-refractivity contribution < 1.29 is 14.3 Å². The Labute approximate surface area is 130 Å².